The molecule has 2 aromatic rings. The van der Waals surface area contributed by atoms with Crippen molar-refractivity contribution in [1.82, 2.24) is 15.5 Å². The summed E-state index contributed by atoms with van der Waals surface area (Å²) in [5, 5.41) is 10.7. The van der Waals surface area contributed by atoms with Crippen LogP contribution in [0.5, 0.6) is 0 Å². The molecule has 3 rings (SSSR count). The molecular formula is C16H19N3O3. The first-order valence-electron chi connectivity index (χ1n) is 7.48. The number of nitrogens with zero attached hydrogens (tertiary/aromatic N) is 2. The number of aryl methyl sites for hydroxylation is 1. The molecule has 0 aliphatic carbocycles. The van der Waals surface area contributed by atoms with Crippen molar-refractivity contribution in [1.29, 1.82) is 0 Å². The first kappa shape index (κ1) is 14.7. The van der Waals surface area contributed by atoms with Gasteiger partial charge in [-0.25, -0.2) is 0 Å². The molecule has 0 bridgehead atoms. The molecule has 0 spiro atoms. The number of amides is 1. The standard InChI is InChI=1S/C16H19N3O3/c1-11-4-6-12(7-5-11)16-19-18-15(22-16)9-14(20)17-10-13-3-2-8-21-13/h4-7,13H,2-3,8-10H2,1H3,(H,17,20)/t13-/m1/s1. The first-order valence-corrected chi connectivity index (χ1v) is 7.48. The fourth-order valence-electron chi connectivity index (χ4n) is 2.37. The zero-order valence-electron chi connectivity index (χ0n) is 12.5. The minimum atomic E-state index is -0.130. The topological polar surface area (TPSA) is 77.2 Å². The maximum absolute atomic E-state index is 11.9. The number of aromatic nitrogens is 2. The molecule has 22 heavy (non-hydrogen) atoms. The summed E-state index contributed by atoms with van der Waals surface area (Å²) in [5.74, 6) is 0.622. The highest BCUT2D eigenvalue weighted by Gasteiger charge is 2.17. The molecule has 0 unspecified atom stereocenters. The third kappa shape index (κ3) is 3.71. The predicted octanol–water partition coefficient (Wildman–Crippen LogP) is 1.88. The Morgan fingerprint density at radius 2 is 2.14 bits per heavy atom. The number of carbonyl (C=O) groups excluding carboxylic acids is 1. The fraction of sp³-hybridized carbons (Fsp3) is 0.438. The van der Waals surface area contributed by atoms with Gasteiger partial charge in [-0.3, -0.25) is 4.79 Å². The molecule has 1 aromatic heterocycles. The molecule has 1 N–H and O–H groups in total. The lowest BCUT2D eigenvalue weighted by Gasteiger charge is -2.09. The summed E-state index contributed by atoms with van der Waals surface area (Å²) < 4.78 is 11.0. The Labute approximate surface area is 128 Å². The molecule has 1 atom stereocenters. The van der Waals surface area contributed by atoms with E-state index in [0.29, 0.717) is 18.3 Å². The Morgan fingerprint density at radius 3 is 2.86 bits per heavy atom. The summed E-state index contributed by atoms with van der Waals surface area (Å²) >= 11 is 0. The number of ether oxygens (including phenoxy) is 1. The summed E-state index contributed by atoms with van der Waals surface area (Å²) in [6.07, 6.45) is 2.28. The second kappa shape index (κ2) is 6.70. The van der Waals surface area contributed by atoms with E-state index in [1.54, 1.807) is 0 Å². The van der Waals surface area contributed by atoms with Crippen molar-refractivity contribution >= 4 is 5.91 Å². The van der Waals surface area contributed by atoms with Crippen LogP contribution in [0.3, 0.4) is 0 Å². The minimum absolute atomic E-state index is 0.0889. The van der Waals surface area contributed by atoms with Crippen LogP contribution in [-0.4, -0.2) is 35.4 Å². The molecule has 116 valence electrons. The molecule has 1 aromatic carbocycles. The van der Waals surface area contributed by atoms with Crippen LogP contribution < -0.4 is 5.32 Å². The maximum atomic E-state index is 11.9. The van der Waals surface area contributed by atoms with E-state index in [0.717, 1.165) is 30.6 Å². The average molecular weight is 301 g/mol. The largest absolute Gasteiger partial charge is 0.420 e. The van der Waals surface area contributed by atoms with Crippen LogP contribution in [0.4, 0.5) is 0 Å². The summed E-state index contributed by atoms with van der Waals surface area (Å²) in [6.45, 7) is 3.34. The van der Waals surface area contributed by atoms with Gasteiger partial charge in [-0.05, 0) is 31.9 Å². The van der Waals surface area contributed by atoms with Crippen LogP contribution in [0, 0.1) is 6.92 Å². The summed E-state index contributed by atoms with van der Waals surface area (Å²) in [7, 11) is 0. The highest BCUT2D eigenvalue weighted by molar-refractivity contribution is 5.77. The second-order valence-electron chi connectivity index (χ2n) is 5.48. The van der Waals surface area contributed by atoms with Crippen molar-refractivity contribution in [2.45, 2.75) is 32.3 Å². The van der Waals surface area contributed by atoms with E-state index in [-0.39, 0.29) is 18.4 Å². The molecule has 6 nitrogen and oxygen atoms in total. The highest BCUT2D eigenvalue weighted by Crippen LogP contribution is 2.18. The van der Waals surface area contributed by atoms with E-state index in [1.165, 1.54) is 0 Å². The maximum Gasteiger partial charge on any atom is 0.247 e. The van der Waals surface area contributed by atoms with E-state index in [2.05, 4.69) is 15.5 Å². The monoisotopic (exact) mass is 301 g/mol. The van der Waals surface area contributed by atoms with E-state index in [1.807, 2.05) is 31.2 Å². The fourth-order valence-corrected chi connectivity index (χ4v) is 2.37. The van der Waals surface area contributed by atoms with Gasteiger partial charge in [0.15, 0.2) is 0 Å². The van der Waals surface area contributed by atoms with Crippen LogP contribution in [0.15, 0.2) is 28.7 Å². The smallest absolute Gasteiger partial charge is 0.247 e. The Kier molecular flexibility index (Phi) is 4.48. The Hall–Kier alpha value is -2.21. The Morgan fingerprint density at radius 1 is 1.32 bits per heavy atom. The molecule has 1 aliphatic rings. The zero-order chi connectivity index (χ0) is 15.4. The van der Waals surface area contributed by atoms with Crippen molar-refractivity contribution in [2.75, 3.05) is 13.2 Å². The van der Waals surface area contributed by atoms with Gasteiger partial charge >= 0.3 is 0 Å². The number of benzene rings is 1. The third-order valence-electron chi connectivity index (χ3n) is 3.63. The van der Waals surface area contributed by atoms with E-state index >= 15 is 0 Å². The summed E-state index contributed by atoms with van der Waals surface area (Å²) in [5.41, 5.74) is 2.01. The first-order chi connectivity index (χ1) is 10.7. The van der Waals surface area contributed by atoms with Crippen molar-refractivity contribution in [2.24, 2.45) is 0 Å². The molecule has 0 radical (unpaired) electrons. The lowest BCUT2D eigenvalue weighted by molar-refractivity contribution is -0.121. The van der Waals surface area contributed by atoms with Gasteiger partial charge in [-0.2, -0.15) is 0 Å². The van der Waals surface area contributed by atoms with E-state index in [4.69, 9.17) is 9.15 Å². The van der Waals surface area contributed by atoms with Gasteiger partial charge in [-0.15, -0.1) is 10.2 Å². The van der Waals surface area contributed by atoms with Crippen LogP contribution in [0.25, 0.3) is 11.5 Å². The number of carbonyl (C=O) groups is 1. The number of hydrogen-bond donors (Lipinski definition) is 1. The van der Waals surface area contributed by atoms with Crippen molar-refractivity contribution in [3.63, 3.8) is 0 Å². The van der Waals surface area contributed by atoms with Crippen LogP contribution in [-0.2, 0) is 16.0 Å². The molecule has 6 heteroatoms. The molecule has 1 fully saturated rings. The quantitative estimate of drug-likeness (QED) is 0.912. The summed E-state index contributed by atoms with van der Waals surface area (Å²) in [6, 6.07) is 7.80. The highest BCUT2D eigenvalue weighted by atomic mass is 16.5. The molecule has 1 amide bonds. The normalized spacial score (nSPS) is 17.6. The van der Waals surface area contributed by atoms with Gasteiger partial charge in [-0.1, -0.05) is 17.7 Å². The van der Waals surface area contributed by atoms with E-state index < -0.39 is 0 Å². The van der Waals surface area contributed by atoms with Crippen LogP contribution >= 0.6 is 0 Å². The van der Waals surface area contributed by atoms with Gasteiger partial charge in [0.1, 0.15) is 6.42 Å². The Bertz CT molecular complexity index is 630. The lowest BCUT2D eigenvalue weighted by atomic mass is 10.1. The molecular weight excluding hydrogens is 282 g/mol. The summed E-state index contributed by atoms with van der Waals surface area (Å²) in [4.78, 5) is 11.9. The van der Waals surface area contributed by atoms with E-state index in [9.17, 15) is 4.79 Å². The number of rotatable bonds is 5. The third-order valence-corrected chi connectivity index (χ3v) is 3.63. The lowest BCUT2D eigenvalue weighted by Crippen LogP contribution is -2.32. The number of nitrogens with one attached hydrogen (secondary N) is 1. The van der Waals surface area contributed by atoms with Crippen molar-refractivity contribution < 1.29 is 13.9 Å². The van der Waals surface area contributed by atoms with Gasteiger partial charge in [0, 0.05) is 18.7 Å². The van der Waals surface area contributed by atoms with Crippen LogP contribution in [0.1, 0.15) is 24.3 Å². The molecule has 0 saturated carbocycles. The van der Waals surface area contributed by atoms with Crippen LogP contribution in [0.2, 0.25) is 0 Å². The second-order valence-corrected chi connectivity index (χ2v) is 5.48. The SMILES string of the molecule is Cc1ccc(-c2nnc(CC(=O)NC[C@H]3CCCO3)o2)cc1. The van der Waals surface area contributed by atoms with Gasteiger partial charge < -0.3 is 14.5 Å². The average Bonchev–Trinajstić information content (AvgIpc) is 3.17. The van der Waals surface area contributed by atoms with Crippen molar-refractivity contribution in [3.05, 3.63) is 35.7 Å². The zero-order valence-corrected chi connectivity index (χ0v) is 12.5. The predicted molar refractivity (Wildman–Crippen MR) is 80.2 cm³/mol. The molecule has 1 aliphatic heterocycles. The Balaban J connectivity index is 1.54. The number of hydrogen-bond acceptors (Lipinski definition) is 5. The van der Waals surface area contributed by atoms with Gasteiger partial charge in [0.05, 0.1) is 6.10 Å². The minimum Gasteiger partial charge on any atom is -0.420 e. The van der Waals surface area contributed by atoms with Crippen molar-refractivity contribution in [3.8, 4) is 11.5 Å². The van der Waals surface area contributed by atoms with Gasteiger partial charge in [0.2, 0.25) is 17.7 Å². The molecule has 1 saturated heterocycles. The van der Waals surface area contributed by atoms with Gasteiger partial charge in [0.25, 0.3) is 0 Å². The molecule has 2 heterocycles.